The van der Waals surface area contributed by atoms with Crippen molar-refractivity contribution in [2.75, 3.05) is 18.5 Å². The van der Waals surface area contributed by atoms with Crippen molar-refractivity contribution >= 4 is 17.9 Å². The van der Waals surface area contributed by atoms with Gasteiger partial charge >= 0.3 is 12.1 Å². The average Bonchev–Trinajstić information content (AvgIpc) is 2.47. The maximum Gasteiger partial charge on any atom is 0.412 e. The van der Waals surface area contributed by atoms with Crippen LogP contribution in [0.3, 0.4) is 0 Å². The number of esters is 1. The molecule has 0 fully saturated rings. The molecule has 116 valence electrons. The minimum atomic E-state index is -0.623. The van der Waals surface area contributed by atoms with Gasteiger partial charge in [-0.1, -0.05) is 20.3 Å². The van der Waals surface area contributed by atoms with E-state index in [4.69, 9.17) is 9.47 Å². The molecule has 0 aliphatic carbocycles. The van der Waals surface area contributed by atoms with Crippen molar-refractivity contribution in [2.45, 2.75) is 40.0 Å². The number of aryl methyl sites for hydroxylation is 1. The zero-order valence-electron chi connectivity index (χ0n) is 12.6. The molecule has 1 aromatic heterocycles. The summed E-state index contributed by atoms with van der Waals surface area (Å²) in [5.41, 5.74) is 0.718. The molecule has 1 amide bonds. The third kappa shape index (κ3) is 5.37. The van der Waals surface area contributed by atoms with E-state index in [0.717, 1.165) is 18.4 Å². The minimum absolute atomic E-state index is 0.0853. The van der Waals surface area contributed by atoms with E-state index in [1.165, 1.54) is 6.20 Å². The molecule has 21 heavy (non-hydrogen) atoms. The van der Waals surface area contributed by atoms with E-state index in [0.29, 0.717) is 13.0 Å². The Kier molecular flexibility index (Phi) is 7.14. The highest BCUT2D eigenvalue weighted by molar-refractivity contribution is 5.88. The van der Waals surface area contributed by atoms with Gasteiger partial charge in [0.15, 0.2) is 0 Å². The van der Waals surface area contributed by atoms with Gasteiger partial charge in [-0.05, 0) is 19.8 Å². The first kappa shape index (κ1) is 16.9. The molecule has 0 bridgehead atoms. The summed E-state index contributed by atoms with van der Waals surface area (Å²) < 4.78 is 9.84. The fourth-order valence-corrected chi connectivity index (χ4v) is 1.51. The van der Waals surface area contributed by atoms with Crippen LogP contribution in [-0.4, -0.2) is 35.2 Å². The SMILES string of the molecule is CCCCOC(=O)Nc1nc(C(=O)OCC)ncc1CC. The van der Waals surface area contributed by atoms with Crippen molar-refractivity contribution in [3.63, 3.8) is 0 Å². The molecule has 1 aromatic rings. The van der Waals surface area contributed by atoms with Crippen molar-refractivity contribution < 1.29 is 19.1 Å². The van der Waals surface area contributed by atoms with E-state index in [-0.39, 0.29) is 18.2 Å². The molecule has 0 aromatic carbocycles. The Morgan fingerprint density at radius 1 is 1.24 bits per heavy atom. The van der Waals surface area contributed by atoms with Gasteiger partial charge in [0.25, 0.3) is 0 Å². The van der Waals surface area contributed by atoms with Crippen molar-refractivity contribution in [1.82, 2.24) is 9.97 Å². The largest absolute Gasteiger partial charge is 0.460 e. The molecule has 0 radical (unpaired) electrons. The second-order valence-corrected chi connectivity index (χ2v) is 4.26. The van der Waals surface area contributed by atoms with Crippen LogP contribution in [0.4, 0.5) is 10.6 Å². The van der Waals surface area contributed by atoms with Gasteiger partial charge in [-0.25, -0.2) is 19.6 Å². The normalized spacial score (nSPS) is 10.0. The fraction of sp³-hybridized carbons (Fsp3) is 0.571. The summed E-state index contributed by atoms with van der Waals surface area (Å²) in [4.78, 5) is 31.2. The van der Waals surface area contributed by atoms with Crippen LogP contribution in [0.2, 0.25) is 0 Å². The zero-order valence-corrected chi connectivity index (χ0v) is 12.6. The number of nitrogens with one attached hydrogen (secondary N) is 1. The molecule has 0 aliphatic rings. The van der Waals surface area contributed by atoms with Crippen LogP contribution in [0.25, 0.3) is 0 Å². The van der Waals surface area contributed by atoms with E-state index in [1.54, 1.807) is 6.92 Å². The van der Waals surface area contributed by atoms with Crippen LogP contribution in [0.15, 0.2) is 6.20 Å². The smallest absolute Gasteiger partial charge is 0.412 e. The number of aromatic nitrogens is 2. The molecule has 0 aliphatic heterocycles. The van der Waals surface area contributed by atoms with Gasteiger partial charge in [0.1, 0.15) is 5.82 Å². The Labute approximate surface area is 124 Å². The number of ether oxygens (including phenoxy) is 2. The number of unbranched alkanes of at least 4 members (excludes halogenated alkanes) is 1. The van der Waals surface area contributed by atoms with Crippen LogP contribution in [-0.2, 0) is 15.9 Å². The van der Waals surface area contributed by atoms with Gasteiger partial charge in [-0.2, -0.15) is 0 Å². The molecule has 7 heteroatoms. The third-order valence-corrected chi connectivity index (χ3v) is 2.65. The summed E-state index contributed by atoms with van der Waals surface area (Å²) >= 11 is 0. The minimum Gasteiger partial charge on any atom is -0.460 e. The van der Waals surface area contributed by atoms with Crippen molar-refractivity contribution in [1.29, 1.82) is 0 Å². The first-order valence-electron chi connectivity index (χ1n) is 7.09. The number of carbonyl (C=O) groups excluding carboxylic acids is 2. The summed E-state index contributed by atoms with van der Waals surface area (Å²) in [6.07, 6.45) is 3.26. The van der Waals surface area contributed by atoms with Gasteiger partial charge in [0, 0.05) is 11.8 Å². The molecule has 1 rings (SSSR count). The number of amides is 1. The number of anilines is 1. The number of carbonyl (C=O) groups is 2. The second kappa shape index (κ2) is 8.89. The summed E-state index contributed by atoms with van der Waals surface area (Å²) in [7, 11) is 0. The fourth-order valence-electron chi connectivity index (χ4n) is 1.51. The average molecular weight is 295 g/mol. The van der Waals surface area contributed by atoms with Crippen LogP contribution in [0.1, 0.15) is 49.8 Å². The predicted molar refractivity (Wildman–Crippen MR) is 77.2 cm³/mol. The van der Waals surface area contributed by atoms with Crippen LogP contribution < -0.4 is 5.32 Å². The maximum atomic E-state index is 11.7. The summed E-state index contributed by atoms with van der Waals surface area (Å²) in [6, 6.07) is 0. The van der Waals surface area contributed by atoms with E-state index < -0.39 is 12.1 Å². The van der Waals surface area contributed by atoms with Gasteiger partial charge in [-0.15, -0.1) is 0 Å². The highest BCUT2D eigenvalue weighted by Crippen LogP contribution is 2.13. The first-order valence-corrected chi connectivity index (χ1v) is 7.09. The lowest BCUT2D eigenvalue weighted by Gasteiger charge is -2.10. The second-order valence-electron chi connectivity index (χ2n) is 4.26. The van der Waals surface area contributed by atoms with Crippen molar-refractivity contribution in [3.8, 4) is 0 Å². The number of hydrogen-bond acceptors (Lipinski definition) is 6. The molecule has 1 heterocycles. The Balaban J connectivity index is 2.80. The first-order chi connectivity index (χ1) is 10.1. The van der Waals surface area contributed by atoms with Crippen molar-refractivity contribution in [3.05, 3.63) is 17.6 Å². The Morgan fingerprint density at radius 3 is 2.62 bits per heavy atom. The van der Waals surface area contributed by atoms with Gasteiger partial charge in [-0.3, -0.25) is 5.32 Å². The molecular formula is C14H21N3O4. The molecule has 0 saturated carbocycles. The standard InChI is InChI=1S/C14H21N3O4/c1-4-7-8-21-14(19)17-11-10(5-2)9-15-12(16-11)13(18)20-6-3/h9H,4-8H2,1-3H3,(H,15,16,17,19). The topological polar surface area (TPSA) is 90.4 Å². The Hall–Kier alpha value is -2.18. The molecule has 0 atom stereocenters. The van der Waals surface area contributed by atoms with Crippen LogP contribution in [0, 0.1) is 0 Å². The number of rotatable bonds is 7. The molecule has 0 spiro atoms. The summed E-state index contributed by atoms with van der Waals surface area (Å²) in [5, 5.41) is 2.54. The number of hydrogen-bond donors (Lipinski definition) is 1. The number of nitrogens with zero attached hydrogens (tertiary/aromatic N) is 2. The highest BCUT2D eigenvalue weighted by atomic mass is 16.5. The highest BCUT2D eigenvalue weighted by Gasteiger charge is 2.15. The maximum absolute atomic E-state index is 11.7. The lowest BCUT2D eigenvalue weighted by molar-refractivity contribution is 0.0512. The molecule has 0 saturated heterocycles. The molecule has 1 N–H and O–H groups in total. The van der Waals surface area contributed by atoms with Crippen LogP contribution in [0.5, 0.6) is 0 Å². The molecular weight excluding hydrogens is 274 g/mol. The summed E-state index contributed by atoms with van der Waals surface area (Å²) in [6.45, 7) is 6.19. The Morgan fingerprint density at radius 2 is 2.00 bits per heavy atom. The quantitative estimate of drug-likeness (QED) is 0.614. The van der Waals surface area contributed by atoms with Gasteiger partial charge in [0.2, 0.25) is 5.82 Å². The van der Waals surface area contributed by atoms with Crippen LogP contribution >= 0.6 is 0 Å². The molecule has 0 unspecified atom stereocenters. The lowest BCUT2D eigenvalue weighted by atomic mass is 10.2. The van der Waals surface area contributed by atoms with E-state index in [1.807, 2.05) is 13.8 Å². The zero-order chi connectivity index (χ0) is 15.7. The molecule has 7 nitrogen and oxygen atoms in total. The predicted octanol–water partition coefficient (Wildman–Crippen LogP) is 2.56. The van der Waals surface area contributed by atoms with Gasteiger partial charge < -0.3 is 9.47 Å². The summed E-state index contributed by atoms with van der Waals surface area (Å²) in [5.74, 6) is -0.433. The lowest BCUT2D eigenvalue weighted by Crippen LogP contribution is -2.19. The van der Waals surface area contributed by atoms with E-state index in [9.17, 15) is 9.59 Å². The Bertz CT molecular complexity index is 491. The van der Waals surface area contributed by atoms with Gasteiger partial charge in [0.05, 0.1) is 13.2 Å². The van der Waals surface area contributed by atoms with E-state index in [2.05, 4.69) is 15.3 Å². The van der Waals surface area contributed by atoms with Crippen molar-refractivity contribution in [2.24, 2.45) is 0 Å². The van der Waals surface area contributed by atoms with E-state index >= 15 is 0 Å². The third-order valence-electron chi connectivity index (χ3n) is 2.65. The monoisotopic (exact) mass is 295 g/mol.